The summed E-state index contributed by atoms with van der Waals surface area (Å²) in [5.74, 6) is 0. The van der Waals surface area contributed by atoms with Crippen LogP contribution in [0.3, 0.4) is 0 Å². The summed E-state index contributed by atoms with van der Waals surface area (Å²) in [7, 11) is 0. The molecule has 0 bridgehead atoms. The molecule has 0 N–H and O–H groups in total. The van der Waals surface area contributed by atoms with Gasteiger partial charge in [0.25, 0.3) is 0 Å². The molecule has 13 heavy (non-hydrogen) atoms. The van der Waals surface area contributed by atoms with Gasteiger partial charge in [0, 0.05) is 0 Å². The Hall–Kier alpha value is -0.520. The molecule has 0 saturated heterocycles. The van der Waals surface area contributed by atoms with Gasteiger partial charge in [-0.3, -0.25) is 0 Å². The summed E-state index contributed by atoms with van der Waals surface area (Å²) < 4.78 is 0. The van der Waals surface area contributed by atoms with Crippen LogP contribution in [0, 0.1) is 0 Å². The maximum absolute atomic E-state index is 2.31. The maximum atomic E-state index is 2.31. The van der Waals surface area contributed by atoms with Gasteiger partial charge in [-0.05, 0) is 50.7 Å². The lowest BCUT2D eigenvalue weighted by molar-refractivity contribution is 0.633. The van der Waals surface area contributed by atoms with Gasteiger partial charge in [0.15, 0.2) is 0 Å². The zero-order chi connectivity index (χ0) is 9.52. The van der Waals surface area contributed by atoms with Gasteiger partial charge in [0.05, 0.1) is 0 Å². The van der Waals surface area contributed by atoms with Crippen LogP contribution >= 0.6 is 0 Å². The Kier molecular flexibility index (Phi) is 4.88. The molecular formula is C13H22. The van der Waals surface area contributed by atoms with E-state index in [0.717, 1.165) is 0 Å². The van der Waals surface area contributed by atoms with E-state index in [1.54, 1.807) is 11.1 Å². The average molecular weight is 178 g/mol. The van der Waals surface area contributed by atoms with Gasteiger partial charge >= 0.3 is 0 Å². The number of hydrogen-bond donors (Lipinski definition) is 0. The number of rotatable bonds is 0. The third kappa shape index (κ3) is 3.38. The summed E-state index contributed by atoms with van der Waals surface area (Å²) in [6, 6.07) is 0. The lowest BCUT2D eigenvalue weighted by Crippen LogP contribution is -1.89. The predicted molar refractivity (Wildman–Crippen MR) is 59.8 cm³/mol. The third-order valence-corrected chi connectivity index (χ3v) is 3.00. The van der Waals surface area contributed by atoms with Crippen LogP contribution in [-0.2, 0) is 0 Å². The van der Waals surface area contributed by atoms with Crippen molar-refractivity contribution in [1.82, 2.24) is 0 Å². The highest BCUT2D eigenvalue weighted by molar-refractivity contribution is 5.29. The average Bonchev–Trinajstić information content (AvgIpc) is 2.28. The van der Waals surface area contributed by atoms with Gasteiger partial charge in [0.2, 0.25) is 0 Å². The highest BCUT2D eigenvalue weighted by Gasteiger charge is 2.06. The molecule has 0 unspecified atom stereocenters. The van der Waals surface area contributed by atoms with Crippen LogP contribution in [0.25, 0.3) is 0 Å². The van der Waals surface area contributed by atoms with E-state index >= 15 is 0 Å². The van der Waals surface area contributed by atoms with E-state index in [0.29, 0.717) is 0 Å². The van der Waals surface area contributed by atoms with Crippen LogP contribution in [0.15, 0.2) is 23.3 Å². The first-order chi connectivity index (χ1) is 6.38. The normalized spacial score (nSPS) is 26.9. The van der Waals surface area contributed by atoms with Crippen molar-refractivity contribution >= 4 is 0 Å². The molecule has 0 spiro atoms. The van der Waals surface area contributed by atoms with Crippen LogP contribution in [-0.4, -0.2) is 0 Å². The van der Waals surface area contributed by atoms with E-state index in [1.165, 1.54) is 44.9 Å². The van der Waals surface area contributed by atoms with Gasteiger partial charge in [-0.15, -0.1) is 0 Å². The van der Waals surface area contributed by atoms with Crippen molar-refractivity contribution in [2.45, 2.75) is 58.8 Å². The largest absolute Gasteiger partial charge is 0.0842 e. The van der Waals surface area contributed by atoms with E-state index in [4.69, 9.17) is 0 Å². The quantitative estimate of drug-likeness (QED) is 0.507. The van der Waals surface area contributed by atoms with Gasteiger partial charge in [-0.2, -0.15) is 0 Å². The highest BCUT2D eigenvalue weighted by atomic mass is 14.1. The molecule has 1 fully saturated rings. The van der Waals surface area contributed by atoms with E-state index in [2.05, 4.69) is 26.0 Å². The van der Waals surface area contributed by atoms with Crippen molar-refractivity contribution in [3.63, 3.8) is 0 Å². The first kappa shape index (κ1) is 10.6. The second kappa shape index (κ2) is 6.01. The highest BCUT2D eigenvalue weighted by Crippen LogP contribution is 2.25. The molecule has 0 nitrogen and oxygen atoms in total. The molecule has 0 atom stereocenters. The summed E-state index contributed by atoms with van der Waals surface area (Å²) in [5.41, 5.74) is 3.20. The summed E-state index contributed by atoms with van der Waals surface area (Å²) in [4.78, 5) is 0. The fourth-order valence-electron chi connectivity index (χ4n) is 2.14. The van der Waals surface area contributed by atoms with E-state index in [9.17, 15) is 0 Å². The molecule has 0 radical (unpaired) electrons. The molecule has 1 rings (SSSR count). The minimum absolute atomic E-state index is 1.30. The van der Waals surface area contributed by atoms with Crippen LogP contribution in [0.4, 0.5) is 0 Å². The van der Waals surface area contributed by atoms with Crippen LogP contribution in [0.1, 0.15) is 58.8 Å². The van der Waals surface area contributed by atoms with Crippen molar-refractivity contribution in [3.05, 3.63) is 23.3 Å². The van der Waals surface area contributed by atoms with Crippen molar-refractivity contribution in [2.24, 2.45) is 0 Å². The van der Waals surface area contributed by atoms with E-state index in [-0.39, 0.29) is 0 Å². The van der Waals surface area contributed by atoms with Crippen molar-refractivity contribution in [3.8, 4) is 0 Å². The molecule has 0 amide bonds. The Labute approximate surface area is 82.7 Å². The van der Waals surface area contributed by atoms with Crippen molar-refractivity contribution in [2.75, 3.05) is 0 Å². The van der Waals surface area contributed by atoms with Crippen molar-refractivity contribution < 1.29 is 0 Å². The Balaban J connectivity index is 2.64. The molecular weight excluding hydrogens is 156 g/mol. The smallest absolute Gasteiger partial charge is 0.0280 e. The Morgan fingerprint density at radius 3 is 1.46 bits per heavy atom. The fraction of sp³-hybridized carbons (Fsp3) is 0.692. The maximum Gasteiger partial charge on any atom is -0.0280 e. The molecule has 0 aromatic carbocycles. The Morgan fingerprint density at radius 2 is 1.08 bits per heavy atom. The van der Waals surface area contributed by atoms with Crippen LogP contribution in [0.5, 0.6) is 0 Å². The topological polar surface area (TPSA) is 0 Å². The summed E-state index contributed by atoms with van der Waals surface area (Å²) in [6.07, 6.45) is 14.3. The monoisotopic (exact) mass is 178 g/mol. The standard InChI is InChI=1S/C13H22/c1-3-12-10-8-6-5-7-9-11-13(12)4-2/h3-4H,5-11H2,1-2H3. The molecule has 0 heteroatoms. The molecule has 74 valence electrons. The molecule has 1 aliphatic carbocycles. The third-order valence-electron chi connectivity index (χ3n) is 3.00. The second-order valence-corrected chi connectivity index (χ2v) is 3.90. The SMILES string of the molecule is CC=C1CCCCCCCC1=CC. The van der Waals surface area contributed by atoms with Gasteiger partial charge in [0.1, 0.15) is 0 Å². The van der Waals surface area contributed by atoms with E-state index < -0.39 is 0 Å². The minimum atomic E-state index is 1.30. The predicted octanol–water partition coefficient (Wildman–Crippen LogP) is 4.62. The molecule has 0 heterocycles. The van der Waals surface area contributed by atoms with E-state index in [1.807, 2.05) is 0 Å². The fourth-order valence-corrected chi connectivity index (χ4v) is 2.14. The van der Waals surface area contributed by atoms with Gasteiger partial charge in [-0.1, -0.05) is 31.4 Å². The molecule has 0 aliphatic heterocycles. The lowest BCUT2D eigenvalue weighted by Gasteiger charge is -2.09. The molecule has 0 aromatic heterocycles. The summed E-state index contributed by atoms with van der Waals surface area (Å²) in [6.45, 7) is 4.35. The zero-order valence-corrected chi connectivity index (χ0v) is 9.10. The minimum Gasteiger partial charge on any atom is -0.0842 e. The molecule has 0 aromatic rings. The molecule has 1 saturated carbocycles. The molecule has 1 aliphatic rings. The van der Waals surface area contributed by atoms with Crippen LogP contribution < -0.4 is 0 Å². The second-order valence-electron chi connectivity index (χ2n) is 3.90. The zero-order valence-electron chi connectivity index (χ0n) is 9.10. The Morgan fingerprint density at radius 1 is 0.692 bits per heavy atom. The van der Waals surface area contributed by atoms with Crippen LogP contribution in [0.2, 0.25) is 0 Å². The van der Waals surface area contributed by atoms with Gasteiger partial charge < -0.3 is 0 Å². The summed E-state index contributed by atoms with van der Waals surface area (Å²) >= 11 is 0. The Bertz CT molecular complexity index is 174. The number of allylic oxidation sites excluding steroid dienone is 4. The lowest BCUT2D eigenvalue weighted by atomic mass is 9.97. The van der Waals surface area contributed by atoms with Gasteiger partial charge in [-0.25, -0.2) is 0 Å². The first-order valence-electron chi connectivity index (χ1n) is 5.69. The number of hydrogen-bond acceptors (Lipinski definition) is 0. The summed E-state index contributed by atoms with van der Waals surface area (Å²) in [5, 5.41) is 0. The van der Waals surface area contributed by atoms with Crippen molar-refractivity contribution in [1.29, 1.82) is 0 Å². The first-order valence-corrected chi connectivity index (χ1v) is 5.69.